The number of carbonyl (C=O) groups is 1. The minimum Gasteiger partial charge on any atom is -0.496 e. The first-order valence-electron chi connectivity index (χ1n) is 5.18. The smallest absolute Gasteiger partial charge is 0.314 e. The number of carboxylic acid groups (broad SMARTS) is 1. The van der Waals surface area contributed by atoms with Gasteiger partial charge < -0.3 is 9.84 Å². The highest BCUT2D eigenvalue weighted by Gasteiger charge is 2.51. The molecule has 0 aliphatic heterocycles. The molecule has 0 aromatic heterocycles. The van der Waals surface area contributed by atoms with Crippen LogP contribution >= 0.6 is 0 Å². The zero-order valence-electron chi connectivity index (χ0n) is 9.19. The molecule has 1 aliphatic rings. The molecule has 3 nitrogen and oxygen atoms in total. The molecule has 0 unspecified atom stereocenters. The Labute approximate surface area is 94.4 Å². The predicted octanol–water partition coefficient (Wildman–Crippen LogP) is 2.45. The average Bonchev–Trinajstić information content (AvgIpc) is 3.09. The Morgan fingerprint density at radius 3 is 2.69 bits per heavy atom. The summed E-state index contributed by atoms with van der Waals surface area (Å²) in [6, 6.07) is 5.50. The lowest BCUT2D eigenvalue weighted by Crippen LogP contribution is -2.19. The van der Waals surface area contributed by atoms with E-state index in [9.17, 15) is 9.90 Å². The van der Waals surface area contributed by atoms with E-state index in [0.717, 1.165) is 11.1 Å². The molecule has 0 atom stereocenters. The number of rotatable bonds is 4. The maximum Gasteiger partial charge on any atom is 0.314 e. The highest BCUT2D eigenvalue weighted by Crippen LogP contribution is 2.49. The third-order valence-corrected chi connectivity index (χ3v) is 3.17. The van der Waals surface area contributed by atoms with Gasteiger partial charge in [0.05, 0.1) is 12.5 Å². The molecule has 0 radical (unpaired) electrons. The lowest BCUT2D eigenvalue weighted by atomic mass is 9.94. The Morgan fingerprint density at radius 2 is 2.25 bits per heavy atom. The number of aliphatic carboxylic acids is 1. The maximum absolute atomic E-state index is 11.2. The second-order valence-corrected chi connectivity index (χ2v) is 4.05. The number of hydrogen-bond donors (Lipinski definition) is 1. The summed E-state index contributed by atoms with van der Waals surface area (Å²) in [5.74, 6) is -0.0686. The summed E-state index contributed by atoms with van der Waals surface area (Å²) in [7, 11) is 1.58. The third-order valence-electron chi connectivity index (χ3n) is 3.17. The van der Waals surface area contributed by atoms with Gasteiger partial charge in [-0.3, -0.25) is 4.79 Å². The van der Waals surface area contributed by atoms with Gasteiger partial charge in [0.25, 0.3) is 0 Å². The van der Waals surface area contributed by atoms with Crippen LogP contribution in [-0.2, 0) is 10.2 Å². The van der Waals surface area contributed by atoms with Crippen LogP contribution < -0.4 is 4.74 Å². The van der Waals surface area contributed by atoms with Crippen molar-refractivity contribution in [2.75, 3.05) is 7.11 Å². The second kappa shape index (κ2) is 3.67. The highest BCUT2D eigenvalue weighted by molar-refractivity contribution is 5.85. The Balaban J connectivity index is 2.44. The highest BCUT2D eigenvalue weighted by atomic mass is 16.5. The summed E-state index contributed by atoms with van der Waals surface area (Å²) in [5, 5.41) is 9.19. The molecule has 3 heteroatoms. The number of ether oxygens (including phenoxy) is 1. The fourth-order valence-electron chi connectivity index (χ4n) is 1.93. The number of hydrogen-bond acceptors (Lipinski definition) is 2. The molecule has 1 fully saturated rings. The van der Waals surface area contributed by atoms with Gasteiger partial charge in [0.1, 0.15) is 5.75 Å². The Kier molecular flexibility index (Phi) is 2.46. The largest absolute Gasteiger partial charge is 0.496 e. The van der Waals surface area contributed by atoms with E-state index >= 15 is 0 Å². The van der Waals surface area contributed by atoms with E-state index in [-0.39, 0.29) is 0 Å². The topological polar surface area (TPSA) is 46.5 Å². The predicted molar refractivity (Wildman–Crippen MR) is 61.6 cm³/mol. The molecule has 1 aliphatic carbocycles. The van der Waals surface area contributed by atoms with E-state index in [1.165, 1.54) is 0 Å². The minimum absolute atomic E-state index is 0.674. The van der Waals surface area contributed by atoms with E-state index in [2.05, 4.69) is 6.58 Å². The van der Waals surface area contributed by atoms with Gasteiger partial charge in [0, 0.05) is 5.56 Å². The number of carboxylic acids is 1. The van der Waals surface area contributed by atoms with Crippen molar-refractivity contribution in [3.8, 4) is 5.75 Å². The molecule has 0 saturated heterocycles. The first kappa shape index (κ1) is 10.7. The van der Waals surface area contributed by atoms with Crippen LogP contribution in [0.15, 0.2) is 24.8 Å². The Morgan fingerprint density at radius 1 is 1.56 bits per heavy atom. The monoisotopic (exact) mass is 218 g/mol. The van der Waals surface area contributed by atoms with Crippen LogP contribution in [0.2, 0.25) is 0 Å². The fourth-order valence-corrected chi connectivity index (χ4v) is 1.93. The summed E-state index contributed by atoms with van der Waals surface area (Å²) >= 11 is 0. The van der Waals surface area contributed by atoms with Crippen molar-refractivity contribution in [2.45, 2.75) is 18.3 Å². The lowest BCUT2D eigenvalue weighted by molar-refractivity contribution is -0.140. The molecule has 1 aromatic carbocycles. The lowest BCUT2D eigenvalue weighted by Gasteiger charge is -2.13. The molecule has 1 aromatic rings. The standard InChI is InChI=1S/C13H14O3/c1-3-9-4-5-10(8-11(9)16-2)13(6-7-13)12(14)15/h3-5,8H,1,6-7H2,2H3,(H,14,15). The summed E-state index contributed by atoms with van der Waals surface area (Å²) in [6.07, 6.45) is 3.11. The zero-order valence-corrected chi connectivity index (χ0v) is 9.19. The molecule has 1 saturated carbocycles. The van der Waals surface area contributed by atoms with Crippen LogP contribution in [0.1, 0.15) is 24.0 Å². The van der Waals surface area contributed by atoms with Gasteiger partial charge in [-0.05, 0) is 24.5 Å². The van der Waals surface area contributed by atoms with E-state index in [1.807, 2.05) is 12.1 Å². The molecule has 0 amide bonds. The Hall–Kier alpha value is -1.77. The first-order chi connectivity index (χ1) is 7.64. The van der Waals surface area contributed by atoms with Crippen molar-refractivity contribution in [2.24, 2.45) is 0 Å². The molecule has 1 N–H and O–H groups in total. The van der Waals surface area contributed by atoms with Crippen LogP contribution in [0.4, 0.5) is 0 Å². The number of benzene rings is 1. The van der Waals surface area contributed by atoms with Gasteiger partial charge in [-0.15, -0.1) is 0 Å². The fraction of sp³-hybridized carbons (Fsp3) is 0.308. The van der Waals surface area contributed by atoms with Gasteiger partial charge in [-0.2, -0.15) is 0 Å². The van der Waals surface area contributed by atoms with E-state index in [0.29, 0.717) is 18.6 Å². The van der Waals surface area contributed by atoms with Crippen molar-refractivity contribution in [3.05, 3.63) is 35.9 Å². The van der Waals surface area contributed by atoms with Gasteiger partial charge in [-0.1, -0.05) is 24.8 Å². The SMILES string of the molecule is C=Cc1ccc(C2(C(=O)O)CC2)cc1OC. The second-order valence-electron chi connectivity index (χ2n) is 4.05. The molecule has 0 spiro atoms. The van der Waals surface area contributed by atoms with Crippen LogP contribution in [-0.4, -0.2) is 18.2 Å². The van der Waals surface area contributed by atoms with Crippen molar-refractivity contribution < 1.29 is 14.6 Å². The number of methoxy groups -OCH3 is 1. The van der Waals surface area contributed by atoms with Crippen molar-refractivity contribution in [1.29, 1.82) is 0 Å². The van der Waals surface area contributed by atoms with Gasteiger partial charge in [0.15, 0.2) is 0 Å². The molecule has 16 heavy (non-hydrogen) atoms. The van der Waals surface area contributed by atoms with Crippen LogP contribution in [0.3, 0.4) is 0 Å². The van der Waals surface area contributed by atoms with E-state index in [4.69, 9.17) is 4.74 Å². The van der Waals surface area contributed by atoms with Crippen molar-refractivity contribution in [3.63, 3.8) is 0 Å². The van der Waals surface area contributed by atoms with E-state index in [1.54, 1.807) is 19.3 Å². The molecular formula is C13H14O3. The van der Waals surface area contributed by atoms with Gasteiger partial charge >= 0.3 is 5.97 Å². The Bertz CT molecular complexity index is 444. The van der Waals surface area contributed by atoms with Crippen LogP contribution in [0, 0.1) is 0 Å². The summed E-state index contributed by atoms with van der Waals surface area (Å²) in [6.45, 7) is 3.69. The zero-order chi connectivity index (χ0) is 11.8. The quantitative estimate of drug-likeness (QED) is 0.844. The molecular weight excluding hydrogens is 204 g/mol. The van der Waals surface area contributed by atoms with Crippen molar-refractivity contribution >= 4 is 12.0 Å². The van der Waals surface area contributed by atoms with Crippen LogP contribution in [0.25, 0.3) is 6.08 Å². The molecule has 0 heterocycles. The summed E-state index contributed by atoms with van der Waals surface area (Å²) in [4.78, 5) is 11.2. The average molecular weight is 218 g/mol. The molecule has 84 valence electrons. The summed E-state index contributed by atoms with van der Waals surface area (Å²) in [5.41, 5.74) is 1.03. The van der Waals surface area contributed by atoms with Crippen LogP contribution in [0.5, 0.6) is 5.75 Å². The van der Waals surface area contributed by atoms with Crippen molar-refractivity contribution in [1.82, 2.24) is 0 Å². The molecule has 2 rings (SSSR count). The van der Waals surface area contributed by atoms with E-state index < -0.39 is 11.4 Å². The normalized spacial score (nSPS) is 16.6. The van der Waals surface area contributed by atoms with Gasteiger partial charge in [-0.25, -0.2) is 0 Å². The molecule has 0 bridgehead atoms. The minimum atomic E-state index is -0.749. The first-order valence-corrected chi connectivity index (χ1v) is 5.18. The maximum atomic E-state index is 11.2. The third kappa shape index (κ3) is 1.48. The van der Waals surface area contributed by atoms with Gasteiger partial charge in [0.2, 0.25) is 0 Å². The summed E-state index contributed by atoms with van der Waals surface area (Å²) < 4.78 is 5.22.